The minimum absolute atomic E-state index is 0.0550. The summed E-state index contributed by atoms with van der Waals surface area (Å²) < 4.78 is 31.2. The highest BCUT2D eigenvalue weighted by Crippen LogP contribution is 2.37. The molecule has 1 fully saturated rings. The topological polar surface area (TPSA) is 83.5 Å². The smallest absolute Gasteiger partial charge is 0.324 e. The molecule has 35 heavy (non-hydrogen) atoms. The molecular formula is C26H26FN3O5. The predicted molar refractivity (Wildman–Crippen MR) is 127 cm³/mol. The first kappa shape index (κ1) is 23.1. The van der Waals surface area contributed by atoms with Crippen LogP contribution < -0.4 is 19.9 Å². The summed E-state index contributed by atoms with van der Waals surface area (Å²) in [6, 6.07) is 17.8. The predicted octanol–water partition coefficient (Wildman–Crippen LogP) is 4.16. The van der Waals surface area contributed by atoms with Crippen LogP contribution in [0, 0.1) is 5.82 Å². The van der Waals surface area contributed by atoms with Crippen molar-refractivity contribution in [1.29, 1.82) is 0 Å². The highest BCUT2D eigenvalue weighted by Gasteiger charge is 2.26. The molecule has 2 N–H and O–H groups in total. The van der Waals surface area contributed by atoms with Gasteiger partial charge in [0, 0.05) is 30.9 Å². The Morgan fingerprint density at radius 2 is 1.80 bits per heavy atom. The monoisotopic (exact) mass is 479 g/mol. The van der Waals surface area contributed by atoms with Crippen LogP contribution in [0.1, 0.15) is 11.1 Å². The second kappa shape index (κ2) is 10.3. The number of carbonyl (C=O) groups is 1. The van der Waals surface area contributed by atoms with Crippen molar-refractivity contribution in [3.05, 3.63) is 77.6 Å². The fourth-order valence-electron chi connectivity index (χ4n) is 4.21. The molecule has 0 aromatic heterocycles. The van der Waals surface area contributed by atoms with Gasteiger partial charge in [0.25, 0.3) is 0 Å². The molecule has 2 amide bonds. The molecule has 0 spiro atoms. The van der Waals surface area contributed by atoms with Crippen LogP contribution in [0.5, 0.6) is 11.5 Å². The number of rotatable bonds is 6. The Kier molecular flexibility index (Phi) is 6.80. The summed E-state index contributed by atoms with van der Waals surface area (Å²) in [6.45, 7) is 2.26. The van der Waals surface area contributed by atoms with Gasteiger partial charge in [-0.05, 0) is 47.0 Å². The number of carbonyl (C=O) groups excluding carboxylic acids is 1. The summed E-state index contributed by atoms with van der Waals surface area (Å²) in [5.41, 5.74) is 5.47. The maximum atomic E-state index is 14.9. The number of urea groups is 1. The maximum absolute atomic E-state index is 14.9. The first-order valence-electron chi connectivity index (χ1n) is 11.4. The number of nitrogens with zero attached hydrogens (tertiary/aromatic N) is 2. The van der Waals surface area contributed by atoms with Crippen LogP contribution in [0.3, 0.4) is 0 Å². The van der Waals surface area contributed by atoms with E-state index in [0.717, 1.165) is 11.1 Å². The van der Waals surface area contributed by atoms with Crippen LogP contribution in [0.15, 0.2) is 60.7 Å². The van der Waals surface area contributed by atoms with Gasteiger partial charge >= 0.3 is 6.03 Å². The van der Waals surface area contributed by atoms with Crippen LogP contribution >= 0.6 is 0 Å². The minimum atomic E-state index is -0.440. The van der Waals surface area contributed by atoms with E-state index < -0.39 is 5.82 Å². The Bertz CT molecular complexity index is 1220. The summed E-state index contributed by atoms with van der Waals surface area (Å²) in [4.78, 5) is 16.9. The summed E-state index contributed by atoms with van der Waals surface area (Å²) in [7, 11) is 0. The zero-order valence-corrected chi connectivity index (χ0v) is 19.1. The molecule has 0 unspecified atom stereocenters. The number of halogens is 1. The van der Waals surface area contributed by atoms with Crippen molar-refractivity contribution in [1.82, 2.24) is 10.4 Å². The standard InChI is InChI=1S/C26H26FN3O5/c27-23-12-18(15-28-32)4-5-21(23)16-30(26(31)29-8-10-33-11-9-29)22-3-1-2-19(13-22)20-6-7-24-25(14-20)35-17-34-24/h1-7,12-14,28,32H,8-11,15-17H2. The van der Waals surface area contributed by atoms with Gasteiger partial charge in [-0.15, -0.1) is 0 Å². The lowest BCUT2D eigenvalue weighted by molar-refractivity contribution is 0.0548. The molecule has 3 aromatic rings. The van der Waals surface area contributed by atoms with Crippen molar-refractivity contribution < 1.29 is 28.6 Å². The number of hydrogen-bond donors (Lipinski definition) is 2. The fourth-order valence-corrected chi connectivity index (χ4v) is 4.21. The molecule has 3 aromatic carbocycles. The number of anilines is 1. The van der Waals surface area contributed by atoms with Gasteiger partial charge in [0.05, 0.1) is 19.8 Å². The minimum Gasteiger partial charge on any atom is -0.454 e. The van der Waals surface area contributed by atoms with Crippen molar-refractivity contribution in [3.8, 4) is 22.6 Å². The summed E-state index contributed by atoms with van der Waals surface area (Å²) >= 11 is 0. The third kappa shape index (κ3) is 5.07. The zero-order valence-electron chi connectivity index (χ0n) is 19.1. The lowest BCUT2D eigenvalue weighted by Gasteiger charge is -2.33. The lowest BCUT2D eigenvalue weighted by atomic mass is 10.0. The van der Waals surface area contributed by atoms with Gasteiger partial charge in [-0.1, -0.05) is 30.3 Å². The molecule has 5 rings (SSSR count). The molecule has 2 aliphatic heterocycles. The van der Waals surface area contributed by atoms with E-state index in [2.05, 4.69) is 0 Å². The molecule has 1 saturated heterocycles. The van der Waals surface area contributed by atoms with Crippen LogP contribution in [-0.2, 0) is 17.8 Å². The first-order valence-corrected chi connectivity index (χ1v) is 11.4. The average Bonchev–Trinajstić information content (AvgIpc) is 3.37. The van der Waals surface area contributed by atoms with Crippen LogP contribution in [0.25, 0.3) is 11.1 Å². The van der Waals surface area contributed by atoms with Crippen molar-refractivity contribution in [2.75, 3.05) is 38.0 Å². The molecule has 9 heteroatoms. The van der Waals surface area contributed by atoms with Gasteiger partial charge in [0.2, 0.25) is 6.79 Å². The summed E-state index contributed by atoms with van der Waals surface area (Å²) in [5.74, 6) is 0.933. The number of morpholine rings is 1. The van der Waals surface area contributed by atoms with E-state index >= 15 is 0 Å². The Morgan fingerprint density at radius 3 is 2.60 bits per heavy atom. The second-order valence-electron chi connectivity index (χ2n) is 8.35. The number of hydroxylamine groups is 1. The van der Waals surface area contributed by atoms with Gasteiger partial charge < -0.3 is 24.3 Å². The fraction of sp³-hybridized carbons (Fsp3) is 0.269. The largest absolute Gasteiger partial charge is 0.454 e. The van der Waals surface area contributed by atoms with E-state index in [1.165, 1.54) is 6.07 Å². The summed E-state index contributed by atoms with van der Waals surface area (Å²) in [5, 5.41) is 8.91. The molecule has 0 atom stereocenters. The molecule has 182 valence electrons. The number of amides is 2. The van der Waals surface area contributed by atoms with Gasteiger partial charge in [0.1, 0.15) is 5.82 Å². The Morgan fingerprint density at radius 1 is 1.00 bits per heavy atom. The van der Waals surface area contributed by atoms with E-state index in [4.69, 9.17) is 19.4 Å². The van der Waals surface area contributed by atoms with Gasteiger partial charge in [-0.2, -0.15) is 0 Å². The maximum Gasteiger partial charge on any atom is 0.324 e. The third-order valence-electron chi connectivity index (χ3n) is 6.11. The van der Waals surface area contributed by atoms with E-state index in [9.17, 15) is 9.18 Å². The van der Waals surface area contributed by atoms with Gasteiger partial charge in [-0.3, -0.25) is 4.90 Å². The number of hydrogen-bond acceptors (Lipinski definition) is 6. The number of benzene rings is 3. The molecule has 2 aliphatic rings. The number of ether oxygens (including phenoxy) is 3. The van der Waals surface area contributed by atoms with Gasteiger partial charge in [0.15, 0.2) is 11.5 Å². The van der Waals surface area contributed by atoms with E-state index in [0.29, 0.717) is 54.6 Å². The molecule has 0 bridgehead atoms. The lowest BCUT2D eigenvalue weighted by Crippen LogP contribution is -2.48. The van der Waals surface area contributed by atoms with Crippen LogP contribution in [0.4, 0.5) is 14.9 Å². The van der Waals surface area contributed by atoms with E-state index in [-0.39, 0.29) is 25.9 Å². The molecule has 8 nitrogen and oxygen atoms in total. The Labute approximate surface area is 202 Å². The highest BCUT2D eigenvalue weighted by molar-refractivity contribution is 5.93. The van der Waals surface area contributed by atoms with Crippen molar-refractivity contribution >= 4 is 11.7 Å². The highest BCUT2D eigenvalue weighted by atomic mass is 19.1. The quantitative estimate of drug-likeness (QED) is 0.517. The second-order valence-corrected chi connectivity index (χ2v) is 8.35. The van der Waals surface area contributed by atoms with E-state index in [1.807, 2.05) is 47.9 Å². The van der Waals surface area contributed by atoms with Crippen molar-refractivity contribution in [2.24, 2.45) is 0 Å². The Balaban J connectivity index is 1.48. The molecule has 0 saturated carbocycles. The molecule has 0 radical (unpaired) electrons. The summed E-state index contributed by atoms with van der Waals surface area (Å²) in [6.07, 6.45) is 0. The average molecular weight is 480 g/mol. The Hall–Kier alpha value is -3.66. The molecule has 2 heterocycles. The molecular weight excluding hydrogens is 453 g/mol. The van der Waals surface area contributed by atoms with Crippen LogP contribution in [0.2, 0.25) is 0 Å². The number of fused-ring (bicyclic) bond motifs is 1. The normalized spacial score (nSPS) is 14.7. The van der Waals surface area contributed by atoms with Gasteiger partial charge in [-0.25, -0.2) is 14.7 Å². The van der Waals surface area contributed by atoms with E-state index in [1.54, 1.807) is 21.9 Å². The zero-order chi connectivity index (χ0) is 24.2. The van der Waals surface area contributed by atoms with Crippen molar-refractivity contribution in [2.45, 2.75) is 13.1 Å². The van der Waals surface area contributed by atoms with Crippen molar-refractivity contribution in [3.63, 3.8) is 0 Å². The first-order chi connectivity index (χ1) is 17.1. The SMILES string of the molecule is O=C(N1CCOCC1)N(Cc1ccc(CNO)cc1F)c1cccc(-c2ccc3c(c2)OCO3)c1. The number of nitrogens with one attached hydrogen (secondary N) is 1. The van der Waals surface area contributed by atoms with Crippen LogP contribution in [-0.4, -0.2) is 49.2 Å². The third-order valence-corrected chi connectivity index (χ3v) is 6.11. The molecule has 0 aliphatic carbocycles.